The third-order valence-electron chi connectivity index (χ3n) is 6.86. The van der Waals surface area contributed by atoms with Crippen molar-refractivity contribution in [1.82, 2.24) is 19.9 Å². The van der Waals surface area contributed by atoms with Crippen LogP contribution < -0.4 is 10.6 Å². The number of hydrogen-bond donors (Lipinski definition) is 2. The molecular weight excluding hydrogens is 502 g/mol. The SMILES string of the molecule is CC(C)C[C@H](NC(=O)[C@@H]1CC(F)(F)CCN1S(=O)(=O)c1ccccc1)C(=O)NC1(c2cccnc2)CC1. The van der Waals surface area contributed by atoms with E-state index in [0.717, 1.165) is 9.87 Å². The molecule has 2 heterocycles. The van der Waals surface area contributed by atoms with Crippen LogP contribution in [0.25, 0.3) is 0 Å². The van der Waals surface area contributed by atoms with Crippen molar-refractivity contribution < 1.29 is 26.8 Å². The number of sulfonamides is 1. The van der Waals surface area contributed by atoms with E-state index >= 15 is 0 Å². The van der Waals surface area contributed by atoms with Gasteiger partial charge in [0.1, 0.15) is 12.1 Å². The van der Waals surface area contributed by atoms with E-state index in [1.807, 2.05) is 19.9 Å². The van der Waals surface area contributed by atoms with E-state index in [9.17, 15) is 26.8 Å². The van der Waals surface area contributed by atoms with Crippen LogP contribution in [0.2, 0.25) is 0 Å². The van der Waals surface area contributed by atoms with Crippen LogP contribution in [0.4, 0.5) is 8.78 Å². The number of aromatic nitrogens is 1. The molecule has 1 aromatic heterocycles. The van der Waals surface area contributed by atoms with Crippen LogP contribution >= 0.6 is 0 Å². The maximum absolute atomic E-state index is 14.4. The number of halogens is 2. The van der Waals surface area contributed by atoms with Crippen LogP contribution in [-0.2, 0) is 25.2 Å². The maximum atomic E-state index is 14.4. The molecule has 1 aliphatic heterocycles. The smallest absolute Gasteiger partial charge is 0.251 e. The highest BCUT2D eigenvalue weighted by Gasteiger charge is 2.50. The first-order valence-electron chi connectivity index (χ1n) is 12.4. The molecular formula is C26H32F2N4O4S. The summed E-state index contributed by atoms with van der Waals surface area (Å²) in [6, 6.07) is 8.40. The Labute approximate surface area is 215 Å². The Bertz CT molecular complexity index is 1220. The number of carbonyl (C=O) groups excluding carboxylic acids is 2. The minimum absolute atomic E-state index is 0.00143. The fraction of sp³-hybridized carbons (Fsp3) is 0.500. The second-order valence-electron chi connectivity index (χ2n) is 10.3. The summed E-state index contributed by atoms with van der Waals surface area (Å²) in [6.45, 7) is 3.25. The molecule has 2 fully saturated rings. The fourth-order valence-corrected chi connectivity index (χ4v) is 6.31. The third-order valence-corrected chi connectivity index (χ3v) is 8.78. The number of piperidine rings is 1. The number of nitrogens with zero attached hydrogens (tertiary/aromatic N) is 2. The molecule has 1 aliphatic carbocycles. The Morgan fingerprint density at radius 2 is 1.81 bits per heavy atom. The third kappa shape index (κ3) is 6.15. The molecule has 2 aliphatic rings. The number of hydrogen-bond acceptors (Lipinski definition) is 5. The van der Waals surface area contributed by atoms with Crippen LogP contribution in [0.15, 0.2) is 59.8 Å². The Morgan fingerprint density at radius 1 is 1.11 bits per heavy atom. The topological polar surface area (TPSA) is 108 Å². The van der Waals surface area contributed by atoms with Crippen LogP contribution in [-0.4, -0.2) is 54.1 Å². The van der Waals surface area contributed by atoms with Crippen molar-refractivity contribution in [3.63, 3.8) is 0 Å². The average molecular weight is 535 g/mol. The molecule has 0 unspecified atom stereocenters. The molecule has 200 valence electrons. The zero-order valence-corrected chi connectivity index (χ0v) is 21.7. The fourth-order valence-electron chi connectivity index (χ4n) is 4.71. The predicted octanol–water partition coefficient (Wildman–Crippen LogP) is 3.21. The number of amides is 2. The van der Waals surface area contributed by atoms with Crippen molar-refractivity contribution in [2.24, 2.45) is 5.92 Å². The van der Waals surface area contributed by atoms with Gasteiger partial charge in [-0.1, -0.05) is 38.1 Å². The maximum Gasteiger partial charge on any atom is 0.251 e. The van der Waals surface area contributed by atoms with Gasteiger partial charge >= 0.3 is 0 Å². The number of rotatable bonds is 9. The van der Waals surface area contributed by atoms with Crippen LogP contribution in [0, 0.1) is 5.92 Å². The van der Waals surface area contributed by atoms with Crippen LogP contribution in [0.1, 0.15) is 51.5 Å². The molecule has 8 nitrogen and oxygen atoms in total. The summed E-state index contributed by atoms with van der Waals surface area (Å²) in [5.41, 5.74) is 0.274. The summed E-state index contributed by atoms with van der Waals surface area (Å²) in [6.07, 6.45) is 3.36. The first-order valence-corrected chi connectivity index (χ1v) is 13.9. The summed E-state index contributed by atoms with van der Waals surface area (Å²) in [5.74, 6) is -4.56. The zero-order valence-electron chi connectivity index (χ0n) is 20.9. The van der Waals surface area contributed by atoms with Gasteiger partial charge in [-0.2, -0.15) is 4.31 Å². The van der Waals surface area contributed by atoms with Crippen LogP contribution in [0.5, 0.6) is 0 Å². The Hall–Kier alpha value is -2.92. The minimum atomic E-state index is -4.21. The van der Waals surface area contributed by atoms with Crippen molar-refractivity contribution in [2.45, 2.75) is 74.4 Å². The molecule has 37 heavy (non-hydrogen) atoms. The molecule has 1 saturated carbocycles. The van der Waals surface area contributed by atoms with E-state index in [4.69, 9.17) is 0 Å². The molecule has 2 aromatic rings. The molecule has 4 rings (SSSR count). The van der Waals surface area contributed by atoms with E-state index in [-0.39, 0.29) is 17.2 Å². The number of alkyl halides is 2. The van der Waals surface area contributed by atoms with E-state index in [0.29, 0.717) is 12.8 Å². The van der Waals surface area contributed by atoms with E-state index < -0.39 is 64.8 Å². The number of carbonyl (C=O) groups is 2. The number of nitrogens with one attached hydrogen (secondary N) is 2. The Morgan fingerprint density at radius 3 is 2.41 bits per heavy atom. The molecule has 0 bridgehead atoms. The van der Waals surface area contributed by atoms with Gasteiger partial charge in [0.2, 0.25) is 21.8 Å². The normalized spacial score (nSPS) is 21.7. The lowest BCUT2D eigenvalue weighted by Crippen LogP contribution is -2.59. The largest absolute Gasteiger partial charge is 0.345 e. The second kappa shape index (κ2) is 10.4. The molecule has 2 amide bonds. The Kier molecular flexibility index (Phi) is 7.66. The second-order valence-corrected chi connectivity index (χ2v) is 12.1. The molecule has 2 N–H and O–H groups in total. The van der Waals surface area contributed by atoms with Crippen molar-refractivity contribution in [2.75, 3.05) is 6.54 Å². The first-order chi connectivity index (χ1) is 17.4. The predicted molar refractivity (Wildman–Crippen MR) is 133 cm³/mol. The lowest BCUT2D eigenvalue weighted by atomic mass is 9.98. The van der Waals surface area contributed by atoms with Gasteiger partial charge in [0.05, 0.1) is 10.4 Å². The molecule has 11 heteroatoms. The Balaban J connectivity index is 1.56. The highest BCUT2D eigenvalue weighted by Crippen LogP contribution is 2.45. The van der Waals surface area contributed by atoms with Gasteiger partial charge < -0.3 is 10.6 Å². The van der Waals surface area contributed by atoms with Gasteiger partial charge in [0.15, 0.2) is 0 Å². The zero-order chi connectivity index (χ0) is 26.8. The standard InChI is InChI=1S/C26H32F2N4O4S/c1-18(2)15-21(23(33)31-25(10-11-25)19-7-6-13-29-17-19)30-24(34)22-16-26(27,28)12-14-32(22)37(35,36)20-8-4-3-5-9-20/h3-9,13,17-18,21-22H,10-12,14-16H2,1-2H3,(H,30,34)(H,31,33)/t21-,22-/m0/s1. The molecule has 0 radical (unpaired) electrons. The van der Waals surface area contributed by atoms with Gasteiger partial charge in [0.25, 0.3) is 5.92 Å². The van der Waals surface area contributed by atoms with Crippen molar-refractivity contribution in [1.29, 1.82) is 0 Å². The summed E-state index contributed by atoms with van der Waals surface area (Å²) < 4.78 is 56.2. The van der Waals surface area contributed by atoms with Gasteiger partial charge in [-0.05, 0) is 48.9 Å². The highest BCUT2D eigenvalue weighted by molar-refractivity contribution is 7.89. The quantitative estimate of drug-likeness (QED) is 0.514. The summed E-state index contributed by atoms with van der Waals surface area (Å²) >= 11 is 0. The lowest BCUT2D eigenvalue weighted by molar-refractivity contribution is -0.136. The van der Waals surface area contributed by atoms with E-state index in [1.54, 1.807) is 24.5 Å². The lowest BCUT2D eigenvalue weighted by Gasteiger charge is -2.38. The molecule has 0 spiro atoms. The first kappa shape index (κ1) is 27.1. The van der Waals surface area contributed by atoms with E-state index in [1.165, 1.54) is 24.3 Å². The summed E-state index contributed by atoms with van der Waals surface area (Å²) in [4.78, 5) is 30.7. The number of benzene rings is 1. The van der Waals surface area contributed by atoms with Crippen LogP contribution in [0.3, 0.4) is 0 Å². The molecule has 1 saturated heterocycles. The monoisotopic (exact) mass is 534 g/mol. The van der Waals surface area contributed by atoms with Gasteiger partial charge in [-0.15, -0.1) is 0 Å². The minimum Gasteiger partial charge on any atom is -0.345 e. The van der Waals surface area contributed by atoms with Crippen molar-refractivity contribution in [3.8, 4) is 0 Å². The van der Waals surface area contributed by atoms with Gasteiger partial charge in [0, 0.05) is 31.8 Å². The van der Waals surface area contributed by atoms with Crippen molar-refractivity contribution >= 4 is 21.8 Å². The van der Waals surface area contributed by atoms with Crippen molar-refractivity contribution in [3.05, 3.63) is 60.4 Å². The number of pyridine rings is 1. The average Bonchev–Trinajstić information content (AvgIpc) is 3.64. The summed E-state index contributed by atoms with van der Waals surface area (Å²) in [7, 11) is -4.21. The van der Waals surface area contributed by atoms with Gasteiger partial charge in [-0.25, -0.2) is 17.2 Å². The van der Waals surface area contributed by atoms with Gasteiger partial charge in [-0.3, -0.25) is 14.6 Å². The summed E-state index contributed by atoms with van der Waals surface area (Å²) in [5, 5.41) is 5.61. The van der Waals surface area contributed by atoms with E-state index in [2.05, 4.69) is 15.6 Å². The highest BCUT2D eigenvalue weighted by atomic mass is 32.2. The molecule has 1 aromatic carbocycles. The molecule has 2 atom stereocenters.